The number of benzene rings is 2. The Labute approximate surface area is 158 Å². The zero-order valence-electron chi connectivity index (χ0n) is 15.2. The highest BCUT2D eigenvalue weighted by atomic mass is 32.2. The van der Waals surface area contributed by atoms with Gasteiger partial charge in [-0.1, -0.05) is 24.3 Å². The van der Waals surface area contributed by atoms with Gasteiger partial charge in [-0.05, 0) is 48.4 Å². The molecule has 1 N–H and O–H groups in total. The van der Waals surface area contributed by atoms with Crippen LogP contribution in [0.4, 0.5) is 5.69 Å². The van der Waals surface area contributed by atoms with Gasteiger partial charge in [0, 0.05) is 31.1 Å². The summed E-state index contributed by atoms with van der Waals surface area (Å²) in [5, 5.41) is 0. The zero-order chi connectivity index (χ0) is 19.8. The van der Waals surface area contributed by atoms with E-state index in [1.807, 2.05) is 49.3 Å². The average molecular weight is 384 g/mol. The molecule has 2 aromatic carbocycles. The SMILES string of the molecule is CC1=NC(c2ccc(S(=O)(=O)O)cc2)C(=O)/C1=C\c1ccc(N(C)C)cc1. The summed E-state index contributed by atoms with van der Waals surface area (Å²) < 4.78 is 31.4. The molecule has 0 amide bonds. The molecule has 27 heavy (non-hydrogen) atoms. The van der Waals surface area contributed by atoms with E-state index in [1.165, 1.54) is 24.3 Å². The molecule has 0 fully saturated rings. The van der Waals surface area contributed by atoms with Crippen LogP contribution in [0.25, 0.3) is 6.08 Å². The number of hydrogen-bond donors (Lipinski definition) is 1. The Balaban J connectivity index is 1.87. The highest BCUT2D eigenvalue weighted by Gasteiger charge is 2.31. The van der Waals surface area contributed by atoms with Crippen molar-refractivity contribution in [3.63, 3.8) is 0 Å². The maximum absolute atomic E-state index is 12.8. The molecule has 3 rings (SSSR count). The van der Waals surface area contributed by atoms with Crippen LogP contribution in [0.1, 0.15) is 24.1 Å². The predicted molar refractivity (Wildman–Crippen MR) is 106 cm³/mol. The second-order valence-electron chi connectivity index (χ2n) is 6.57. The van der Waals surface area contributed by atoms with E-state index in [-0.39, 0.29) is 10.7 Å². The lowest BCUT2D eigenvalue weighted by Gasteiger charge is -2.12. The first-order valence-corrected chi connectivity index (χ1v) is 9.76. The number of anilines is 1. The molecular weight excluding hydrogens is 364 g/mol. The Bertz CT molecular complexity index is 1030. The summed E-state index contributed by atoms with van der Waals surface area (Å²) in [5.41, 5.74) is 3.73. The molecular formula is C20H20N2O4S. The van der Waals surface area contributed by atoms with E-state index in [4.69, 9.17) is 4.55 Å². The first-order chi connectivity index (χ1) is 12.7. The summed E-state index contributed by atoms with van der Waals surface area (Å²) in [4.78, 5) is 19.0. The summed E-state index contributed by atoms with van der Waals surface area (Å²) in [5.74, 6) is -0.135. The summed E-state index contributed by atoms with van der Waals surface area (Å²) >= 11 is 0. The average Bonchev–Trinajstić information content (AvgIpc) is 2.90. The van der Waals surface area contributed by atoms with Gasteiger partial charge in [-0.3, -0.25) is 14.3 Å². The minimum absolute atomic E-state index is 0.135. The molecule has 7 heteroatoms. The number of carbonyl (C=O) groups is 1. The van der Waals surface area contributed by atoms with Crippen LogP contribution in [-0.2, 0) is 14.9 Å². The second kappa shape index (κ2) is 7.09. The number of ketones is 1. The van der Waals surface area contributed by atoms with Gasteiger partial charge in [0.2, 0.25) is 0 Å². The molecule has 1 atom stereocenters. The molecule has 1 aliphatic rings. The second-order valence-corrected chi connectivity index (χ2v) is 7.99. The third kappa shape index (κ3) is 3.99. The van der Waals surface area contributed by atoms with Crippen LogP contribution in [-0.4, -0.2) is 38.6 Å². The Morgan fingerprint density at radius 2 is 1.63 bits per heavy atom. The van der Waals surface area contributed by atoms with Crippen molar-refractivity contribution in [3.05, 3.63) is 65.2 Å². The number of Topliss-reactive ketones (excluding diaryl/α,β-unsaturated/α-hetero) is 1. The first-order valence-electron chi connectivity index (χ1n) is 8.32. The van der Waals surface area contributed by atoms with Gasteiger partial charge >= 0.3 is 0 Å². The van der Waals surface area contributed by atoms with Crippen LogP contribution >= 0.6 is 0 Å². The monoisotopic (exact) mass is 384 g/mol. The maximum Gasteiger partial charge on any atom is 0.294 e. The molecule has 0 aliphatic carbocycles. The van der Waals surface area contributed by atoms with Gasteiger partial charge < -0.3 is 4.90 Å². The standard InChI is InChI=1S/C20H20N2O4S/c1-13-18(12-14-4-8-16(9-5-14)22(2)3)20(23)19(21-13)15-6-10-17(11-7-15)27(24,25)26/h4-12,19H,1-3H3,(H,24,25,26)/b18-12-. The molecule has 6 nitrogen and oxygen atoms in total. The molecule has 0 saturated carbocycles. The van der Waals surface area contributed by atoms with Crippen LogP contribution in [0, 0.1) is 0 Å². The van der Waals surface area contributed by atoms with E-state index < -0.39 is 16.2 Å². The van der Waals surface area contributed by atoms with Crippen LogP contribution in [0.2, 0.25) is 0 Å². The number of carbonyl (C=O) groups excluding carboxylic acids is 1. The number of aliphatic imine (C=N–C) groups is 1. The van der Waals surface area contributed by atoms with Crippen LogP contribution in [0.15, 0.2) is 64.0 Å². The fourth-order valence-corrected chi connectivity index (χ4v) is 3.39. The number of hydrogen-bond acceptors (Lipinski definition) is 5. The highest BCUT2D eigenvalue weighted by Crippen LogP contribution is 2.31. The molecule has 1 heterocycles. The van der Waals surface area contributed by atoms with Gasteiger partial charge in [-0.25, -0.2) is 0 Å². The Hall–Kier alpha value is -2.77. The summed E-state index contributed by atoms with van der Waals surface area (Å²) in [7, 11) is -0.342. The summed E-state index contributed by atoms with van der Waals surface area (Å²) in [6.07, 6.45) is 1.81. The summed E-state index contributed by atoms with van der Waals surface area (Å²) in [6, 6.07) is 12.7. The van der Waals surface area contributed by atoms with Gasteiger partial charge in [0.15, 0.2) is 5.78 Å². The molecule has 2 aromatic rings. The maximum atomic E-state index is 12.8. The highest BCUT2D eigenvalue weighted by molar-refractivity contribution is 7.85. The third-order valence-corrected chi connectivity index (χ3v) is 5.31. The van der Waals surface area contributed by atoms with E-state index in [9.17, 15) is 13.2 Å². The largest absolute Gasteiger partial charge is 0.378 e. The molecule has 1 unspecified atom stereocenters. The van der Waals surface area contributed by atoms with Crippen molar-refractivity contribution >= 4 is 33.4 Å². The van der Waals surface area contributed by atoms with Crippen molar-refractivity contribution < 1.29 is 17.8 Å². The minimum Gasteiger partial charge on any atom is -0.378 e. The van der Waals surface area contributed by atoms with Crippen molar-refractivity contribution in [3.8, 4) is 0 Å². The number of nitrogens with zero attached hydrogens (tertiary/aromatic N) is 2. The molecule has 140 valence electrons. The fourth-order valence-electron chi connectivity index (χ4n) is 2.91. The minimum atomic E-state index is -4.26. The molecule has 0 radical (unpaired) electrons. The van der Waals surface area contributed by atoms with Crippen molar-refractivity contribution in [2.45, 2.75) is 17.9 Å². The molecule has 0 aromatic heterocycles. The van der Waals surface area contributed by atoms with Gasteiger partial charge in [0.25, 0.3) is 10.1 Å². The Morgan fingerprint density at radius 3 is 2.15 bits per heavy atom. The molecule has 0 saturated heterocycles. The number of rotatable bonds is 4. The molecule has 0 bridgehead atoms. The lowest BCUT2D eigenvalue weighted by molar-refractivity contribution is -0.115. The van der Waals surface area contributed by atoms with Crippen molar-refractivity contribution in [1.82, 2.24) is 0 Å². The normalized spacial score (nSPS) is 18.7. The zero-order valence-corrected chi connectivity index (χ0v) is 16.1. The lowest BCUT2D eigenvalue weighted by atomic mass is 9.98. The smallest absolute Gasteiger partial charge is 0.294 e. The van der Waals surface area contributed by atoms with Crippen molar-refractivity contribution in [2.24, 2.45) is 4.99 Å². The van der Waals surface area contributed by atoms with E-state index in [0.717, 1.165) is 11.3 Å². The van der Waals surface area contributed by atoms with Crippen molar-refractivity contribution in [1.29, 1.82) is 0 Å². The first kappa shape index (κ1) is 19.0. The van der Waals surface area contributed by atoms with E-state index in [0.29, 0.717) is 16.8 Å². The van der Waals surface area contributed by atoms with Gasteiger partial charge in [-0.2, -0.15) is 8.42 Å². The van der Waals surface area contributed by atoms with E-state index in [2.05, 4.69) is 4.99 Å². The van der Waals surface area contributed by atoms with Crippen LogP contribution in [0.5, 0.6) is 0 Å². The Kier molecular flexibility index (Phi) is 4.99. The molecule has 1 aliphatic heterocycles. The summed E-state index contributed by atoms with van der Waals surface area (Å²) in [6.45, 7) is 1.78. The third-order valence-electron chi connectivity index (χ3n) is 4.44. The predicted octanol–water partition coefficient (Wildman–Crippen LogP) is 3.17. The fraction of sp³-hybridized carbons (Fsp3) is 0.200. The topological polar surface area (TPSA) is 87.0 Å². The van der Waals surface area contributed by atoms with Gasteiger partial charge in [0.1, 0.15) is 6.04 Å². The lowest BCUT2D eigenvalue weighted by Crippen LogP contribution is -2.09. The van der Waals surface area contributed by atoms with E-state index >= 15 is 0 Å². The van der Waals surface area contributed by atoms with Crippen LogP contribution in [0.3, 0.4) is 0 Å². The van der Waals surface area contributed by atoms with Crippen molar-refractivity contribution in [2.75, 3.05) is 19.0 Å². The Morgan fingerprint density at radius 1 is 1.04 bits per heavy atom. The van der Waals surface area contributed by atoms with Gasteiger partial charge in [-0.15, -0.1) is 0 Å². The van der Waals surface area contributed by atoms with Gasteiger partial charge in [0.05, 0.1) is 4.90 Å². The van der Waals surface area contributed by atoms with E-state index in [1.54, 1.807) is 6.92 Å². The molecule has 0 spiro atoms. The quantitative estimate of drug-likeness (QED) is 0.646. The van der Waals surface area contributed by atoms with Crippen LogP contribution < -0.4 is 4.90 Å².